The van der Waals surface area contributed by atoms with Crippen LogP contribution in [-0.2, 0) is 30.4 Å². The third-order valence-corrected chi connectivity index (χ3v) is 5.74. The predicted molar refractivity (Wildman–Crippen MR) is 103 cm³/mol. The summed E-state index contributed by atoms with van der Waals surface area (Å²) < 4.78 is 15.0. The Morgan fingerprint density at radius 2 is 1.72 bits per heavy atom. The first-order chi connectivity index (χ1) is 14.0. The highest BCUT2D eigenvalue weighted by Crippen LogP contribution is 2.44. The highest BCUT2D eigenvalue weighted by molar-refractivity contribution is 7.10. The summed E-state index contributed by atoms with van der Waals surface area (Å²) in [4.78, 5) is 39.5. The standard InChI is InChI=1S/C20H21NO7S/c1-26-18(23)14-15(13-9-6-10-29-13)21(16(17(14)22)19(24)27-2)20(25)28-11-12-7-4-3-5-8-12/h3-10,14-17,22H,11H2,1-2H3/t14-,15+,16+,17+/m1/s1. The van der Waals surface area contributed by atoms with Gasteiger partial charge in [0.1, 0.15) is 18.6 Å². The number of ether oxygens (including phenoxy) is 3. The van der Waals surface area contributed by atoms with Crippen molar-refractivity contribution in [3.8, 4) is 0 Å². The average Bonchev–Trinajstić information content (AvgIpc) is 3.37. The van der Waals surface area contributed by atoms with E-state index in [1.165, 1.54) is 18.4 Å². The second kappa shape index (κ2) is 9.06. The quantitative estimate of drug-likeness (QED) is 0.585. The van der Waals surface area contributed by atoms with Gasteiger partial charge in [0.25, 0.3) is 0 Å². The first kappa shape index (κ1) is 20.8. The van der Waals surface area contributed by atoms with Gasteiger partial charge in [-0.3, -0.25) is 9.69 Å². The molecule has 1 aliphatic rings. The molecule has 3 rings (SSSR count). The summed E-state index contributed by atoms with van der Waals surface area (Å²) in [6.07, 6.45) is -2.35. The number of hydrogen-bond acceptors (Lipinski definition) is 8. The molecule has 0 bridgehead atoms. The zero-order valence-electron chi connectivity index (χ0n) is 15.9. The van der Waals surface area contributed by atoms with E-state index in [4.69, 9.17) is 14.2 Å². The summed E-state index contributed by atoms with van der Waals surface area (Å²) in [6, 6.07) is 10.2. The van der Waals surface area contributed by atoms with Crippen molar-refractivity contribution in [3.63, 3.8) is 0 Å². The van der Waals surface area contributed by atoms with Crippen LogP contribution < -0.4 is 0 Å². The molecule has 1 N–H and O–H groups in total. The SMILES string of the molecule is COC(=O)[C@H]1[C@H](O)[C@@H](C(=O)OC)N(C(=O)OCc2ccccc2)[C@H]1c1cccs1. The predicted octanol–water partition coefficient (Wildman–Crippen LogP) is 2.13. The Kier molecular flexibility index (Phi) is 6.50. The van der Waals surface area contributed by atoms with Crippen LogP contribution in [0.5, 0.6) is 0 Å². The van der Waals surface area contributed by atoms with Crippen LogP contribution in [0.15, 0.2) is 47.8 Å². The molecule has 9 heteroatoms. The van der Waals surface area contributed by atoms with Crippen molar-refractivity contribution in [3.05, 3.63) is 58.3 Å². The fourth-order valence-electron chi connectivity index (χ4n) is 3.47. The Balaban J connectivity index is 1.96. The molecule has 1 fully saturated rings. The molecular weight excluding hydrogens is 398 g/mol. The number of carbonyl (C=O) groups excluding carboxylic acids is 3. The Labute approximate surface area is 171 Å². The van der Waals surface area contributed by atoms with Crippen LogP contribution in [0.4, 0.5) is 4.79 Å². The van der Waals surface area contributed by atoms with E-state index in [-0.39, 0.29) is 6.61 Å². The van der Waals surface area contributed by atoms with Crippen molar-refractivity contribution in [1.82, 2.24) is 4.90 Å². The van der Waals surface area contributed by atoms with Gasteiger partial charge < -0.3 is 19.3 Å². The lowest BCUT2D eigenvalue weighted by molar-refractivity contribution is -0.151. The molecule has 0 radical (unpaired) electrons. The van der Waals surface area contributed by atoms with Gasteiger partial charge in [0.05, 0.1) is 20.3 Å². The molecule has 154 valence electrons. The molecule has 0 spiro atoms. The number of rotatable bonds is 5. The van der Waals surface area contributed by atoms with E-state index in [0.717, 1.165) is 17.6 Å². The van der Waals surface area contributed by atoms with E-state index in [0.29, 0.717) is 4.88 Å². The highest BCUT2D eigenvalue weighted by Gasteiger charge is 2.58. The molecule has 1 saturated heterocycles. The summed E-state index contributed by atoms with van der Waals surface area (Å²) in [5.41, 5.74) is 0.757. The Hall–Kier alpha value is -2.91. The van der Waals surface area contributed by atoms with E-state index in [9.17, 15) is 19.5 Å². The molecule has 1 amide bonds. The van der Waals surface area contributed by atoms with E-state index < -0.39 is 42.1 Å². The number of aliphatic hydroxyl groups is 1. The minimum atomic E-state index is -1.51. The van der Waals surface area contributed by atoms with Gasteiger partial charge >= 0.3 is 18.0 Å². The van der Waals surface area contributed by atoms with Crippen molar-refractivity contribution in [2.24, 2.45) is 5.92 Å². The molecule has 4 atom stereocenters. The maximum absolute atomic E-state index is 13.0. The number of benzene rings is 1. The minimum absolute atomic E-state index is 0.0276. The molecule has 1 aliphatic heterocycles. The van der Waals surface area contributed by atoms with Gasteiger partial charge in [-0.2, -0.15) is 0 Å². The van der Waals surface area contributed by atoms with Gasteiger partial charge in [-0.15, -0.1) is 11.3 Å². The normalized spacial score (nSPS) is 23.5. The maximum Gasteiger partial charge on any atom is 0.411 e. The smallest absolute Gasteiger partial charge is 0.411 e. The molecule has 2 heterocycles. The Morgan fingerprint density at radius 3 is 2.31 bits per heavy atom. The fourth-order valence-corrected chi connectivity index (χ4v) is 4.34. The number of hydrogen-bond donors (Lipinski definition) is 1. The summed E-state index contributed by atoms with van der Waals surface area (Å²) in [6.45, 7) is -0.0276. The highest BCUT2D eigenvalue weighted by atomic mass is 32.1. The monoisotopic (exact) mass is 419 g/mol. The lowest BCUT2D eigenvalue weighted by Crippen LogP contribution is -2.46. The van der Waals surface area contributed by atoms with Crippen molar-refractivity contribution >= 4 is 29.4 Å². The third kappa shape index (κ3) is 4.10. The number of nitrogens with zero attached hydrogens (tertiary/aromatic N) is 1. The molecule has 0 saturated carbocycles. The van der Waals surface area contributed by atoms with E-state index in [2.05, 4.69) is 0 Å². The summed E-state index contributed by atoms with van der Waals surface area (Å²) in [5.74, 6) is -2.74. The van der Waals surface area contributed by atoms with Crippen molar-refractivity contribution in [1.29, 1.82) is 0 Å². The van der Waals surface area contributed by atoms with Gasteiger partial charge in [-0.1, -0.05) is 36.4 Å². The van der Waals surface area contributed by atoms with Crippen molar-refractivity contribution < 1.29 is 33.7 Å². The largest absolute Gasteiger partial charge is 0.469 e. The number of thiophene rings is 1. The van der Waals surface area contributed by atoms with Gasteiger partial charge in [0.2, 0.25) is 0 Å². The number of likely N-dealkylation sites (tertiary alicyclic amines) is 1. The first-order valence-corrected chi connectivity index (χ1v) is 9.73. The summed E-state index contributed by atoms with van der Waals surface area (Å²) in [7, 11) is 2.33. The zero-order chi connectivity index (χ0) is 21.0. The second-order valence-electron chi connectivity index (χ2n) is 6.42. The third-order valence-electron chi connectivity index (χ3n) is 4.80. The Bertz CT molecular complexity index is 855. The molecule has 0 unspecified atom stereocenters. The fraction of sp³-hybridized carbons (Fsp3) is 0.350. The summed E-state index contributed by atoms with van der Waals surface area (Å²) >= 11 is 1.29. The molecule has 0 aliphatic carbocycles. The van der Waals surface area contributed by atoms with E-state index in [1.807, 2.05) is 18.2 Å². The van der Waals surface area contributed by atoms with Crippen LogP contribution in [0, 0.1) is 5.92 Å². The minimum Gasteiger partial charge on any atom is -0.469 e. The zero-order valence-corrected chi connectivity index (χ0v) is 16.7. The van der Waals surface area contributed by atoms with E-state index >= 15 is 0 Å². The number of esters is 2. The van der Waals surface area contributed by atoms with Crippen molar-refractivity contribution in [2.75, 3.05) is 14.2 Å². The second-order valence-corrected chi connectivity index (χ2v) is 7.39. The van der Waals surface area contributed by atoms with Gasteiger partial charge in [-0.05, 0) is 17.0 Å². The molecule has 8 nitrogen and oxygen atoms in total. The van der Waals surface area contributed by atoms with Crippen LogP contribution in [-0.4, -0.2) is 54.4 Å². The first-order valence-electron chi connectivity index (χ1n) is 8.85. The van der Waals surface area contributed by atoms with Crippen LogP contribution >= 0.6 is 11.3 Å². The maximum atomic E-state index is 13.0. The number of methoxy groups -OCH3 is 2. The van der Waals surface area contributed by atoms with E-state index in [1.54, 1.807) is 29.6 Å². The number of carbonyl (C=O) groups is 3. The Morgan fingerprint density at radius 1 is 1.03 bits per heavy atom. The van der Waals surface area contributed by atoms with Gasteiger partial charge in [-0.25, -0.2) is 9.59 Å². The number of amides is 1. The molecule has 1 aromatic heterocycles. The molecule has 29 heavy (non-hydrogen) atoms. The molecule has 2 aromatic rings. The molecule has 1 aromatic carbocycles. The topological polar surface area (TPSA) is 102 Å². The van der Waals surface area contributed by atoms with Gasteiger partial charge in [0.15, 0.2) is 6.04 Å². The summed E-state index contributed by atoms with van der Waals surface area (Å²) in [5, 5.41) is 12.6. The van der Waals surface area contributed by atoms with Crippen LogP contribution in [0.1, 0.15) is 16.5 Å². The van der Waals surface area contributed by atoms with Crippen LogP contribution in [0.2, 0.25) is 0 Å². The lowest BCUT2D eigenvalue weighted by Gasteiger charge is -2.28. The lowest BCUT2D eigenvalue weighted by atomic mass is 9.95. The molecular formula is C20H21NO7S. The van der Waals surface area contributed by atoms with Crippen molar-refractivity contribution in [2.45, 2.75) is 24.8 Å². The number of aliphatic hydroxyl groups excluding tert-OH is 1. The van der Waals surface area contributed by atoms with Crippen LogP contribution in [0.3, 0.4) is 0 Å². The van der Waals surface area contributed by atoms with Gasteiger partial charge in [0, 0.05) is 4.88 Å². The van der Waals surface area contributed by atoms with Crippen LogP contribution in [0.25, 0.3) is 0 Å². The average molecular weight is 419 g/mol.